The van der Waals surface area contributed by atoms with Gasteiger partial charge in [-0.1, -0.05) is 25.4 Å². The summed E-state index contributed by atoms with van der Waals surface area (Å²) in [5.41, 5.74) is -0.329. The lowest BCUT2D eigenvalue weighted by Crippen LogP contribution is -2.40. The number of methoxy groups -OCH3 is 1. The predicted molar refractivity (Wildman–Crippen MR) is 79.8 cm³/mol. The molecule has 0 amide bonds. The van der Waals surface area contributed by atoms with Crippen molar-refractivity contribution >= 4 is 11.6 Å². The predicted octanol–water partition coefficient (Wildman–Crippen LogP) is 0.892. The standard InChI is InChI=1S/C13H22ClN3O3/c1-9(2)10-11(14)15-13(19)17(12(10)18)6-5-16(3)7-8-20-4/h9H,5-8H2,1-4H3,(H,15,19). The number of H-pyrrole nitrogens is 1. The van der Waals surface area contributed by atoms with Crippen LogP contribution in [0.1, 0.15) is 25.3 Å². The van der Waals surface area contributed by atoms with Crippen LogP contribution in [0.5, 0.6) is 0 Å². The molecule has 1 rings (SSSR count). The largest absolute Gasteiger partial charge is 0.383 e. The highest BCUT2D eigenvalue weighted by Gasteiger charge is 2.15. The molecule has 114 valence electrons. The van der Waals surface area contributed by atoms with Crippen LogP contribution in [-0.4, -0.2) is 48.3 Å². The third kappa shape index (κ3) is 4.19. The van der Waals surface area contributed by atoms with Gasteiger partial charge in [-0.05, 0) is 13.0 Å². The van der Waals surface area contributed by atoms with E-state index in [-0.39, 0.29) is 16.6 Å². The van der Waals surface area contributed by atoms with E-state index in [0.29, 0.717) is 25.3 Å². The smallest absolute Gasteiger partial charge is 0.329 e. The summed E-state index contributed by atoms with van der Waals surface area (Å²) in [7, 11) is 3.55. The Hall–Kier alpha value is -1.11. The van der Waals surface area contributed by atoms with E-state index in [4.69, 9.17) is 16.3 Å². The monoisotopic (exact) mass is 303 g/mol. The number of hydrogen-bond donors (Lipinski definition) is 1. The fourth-order valence-corrected chi connectivity index (χ4v) is 2.27. The quantitative estimate of drug-likeness (QED) is 0.760. The molecule has 1 heterocycles. The van der Waals surface area contributed by atoms with Gasteiger partial charge in [0.25, 0.3) is 5.56 Å². The van der Waals surface area contributed by atoms with E-state index >= 15 is 0 Å². The summed E-state index contributed by atoms with van der Waals surface area (Å²) in [5.74, 6) is -0.0377. The highest BCUT2D eigenvalue weighted by atomic mass is 35.5. The van der Waals surface area contributed by atoms with E-state index in [1.807, 2.05) is 25.8 Å². The summed E-state index contributed by atoms with van der Waals surface area (Å²) in [6.07, 6.45) is 0. The van der Waals surface area contributed by atoms with Crippen LogP contribution in [-0.2, 0) is 11.3 Å². The van der Waals surface area contributed by atoms with Crippen LogP contribution in [0.15, 0.2) is 9.59 Å². The molecule has 0 aliphatic carbocycles. The van der Waals surface area contributed by atoms with E-state index in [1.54, 1.807) is 7.11 Å². The molecule has 6 nitrogen and oxygen atoms in total. The molecular weight excluding hydrogens is 282 g/mol. The average molecular weight is 304 g/mol. The van der Waals surface area contributed by atoms with Crippen LogP contribution >= 0.6 is 11.6 Å². The van der Waals surface area contributed by atoms with Crippen LogP contribution in [0.3, 0.4) is 0 Å². The Morgan fingerprint density at radius 2 is 2.00 bits per heavy atom. The SMILES string of the molecule is COCCN(C)CCn1c(=O)[nH]c(Cl)c(C(C)C)c1=O. The third-order valence-corrected chi connectivity index (χ3v) is 3.43. The van der Waals surface area contributed by atoms with E-state index in [2.05, 4.69) is 4.98 Å². The summed E-state index contributed by atoms with van der Waals surface area (Å²) >= 11 is 5.94. The Labute approximate surface area is 123 Å². The molecule has 0 aliphatic rings. The van der Waals surface area contributed by atoms with Gasteiger partial charge in [0, 0.05) is 26.7 Å². The minimum Gasteiger partial charge on any atom is -0.383 e. The summed E-state index contributed by atoms with van der Waals surface area (Å²) in [6.45, 7) is 6.01. The second-order valence-electron chi connectivity index (χ2n) is 5.07. The van der Waals surface area contributed by atoms with Crippen molar-refractivity contribution < 1.29 is 4.74 Å². The molecule has 0 saturated carbocycles. The molecule has 0 bridgehead atoms. The normalized spacial score (nSPS) is 11.6. The van der Waals surface area contributed by atoms with Gasteiger partial charge in [-0.2, -0.15) is 0 Å². The van der Waals surface area contributed by atoms with Crippen molar-refractivity contribution in [3.8, 4) is 0 Å². The summed E-state index contributed by atoms with van der Waals surface area (Å²) in [5, 5.41) is 0.138. The second kappa shape index (κ2) is 7.61. The maximum Gasteiger partial charge on any atom is 0.329 e. The zero-order chi connectivity index (χ0) is 15.3. The zero-order valence-corrected chi connectivity index (χ0v) is 13.2. The Balaban J connectivity index is 2.93. The van der Waals surface area contributed by atoms with Crippen molar-refractivity contribution in [2.45, 2.75) is 26.3 Å². The number of nitrogens with one attached hydrogen (secondary N) is 1. The molecule has 0 atom stereocenters. The van der Waals surface area contributed by atoms with Crippen molar-refractivity contribution in [2.75, 3.05) is 33.9 Å². The summed E-state index contributed by atoms with van der Waals surface area (Å²) < 4.78 is 6.18. The number of rotatable bonds is 7. The highest BCUT2D eigenvalue weighted by molar-refractivity contribution is 6.30. The Morgan fingerprint density at radius 3 is 2.55 bits per heavy atom. The van der Waals surface area contributed by atoms with Gasteiger partial charge < -0.3 is 9.64 Å². The second-order valence-corrected chi connectivity index (χ2v) is 5.44. The molecule has 7 heteroatoms. The molecule has 1 N–H and O–H groups in total. The molecule has 0 spiro atoms. The van der Waals surface area contributed by atoms with Crippen LogP contribution in [0.25, 0.3) is 0 Å². The van der Waals surface area contributed by atoms with Crippen molar-refractivity contribution in [3.05, 3.63) is 31.6 Å². The van der Waals surface area contributed by atoms with Gasteiger partial charge in [-0.3, -0.25) is 14.3 Å². The molecule has 0 aliphatic heterocycles. The number of aromatic amines is 1. The van der Waals surface area contributed by atoms with E-state index in [1.165, 1.54) is 4.57 Å². The first-order valence-corrected chi connectivity index (χ1v) is 6.96. The number of nitrogens with zero attached hydrogens (tertiary/aromatic N) is 2. The van der Waals surface area contributed by atoms with Gasteiger partial charge in [0.05, 0.1) is 12.2 Å². The van der Waals surface area contributed by atoms with Gasteiger partial charge in [-0.15, -0.1) is 0 Å². The lowest BCUT2D eigenvalue weighted by molar-refractivity contribution is 0.159. The van der Waals surface area contributed by atoms with Gasteiger partial charge in [0.2, 0.25) is 0 Å². The zero-order valence-electron chi connectivity index (χ0n) is 12.4. The molecule has 1 aromatic heterocycles. The van der Waals surface area contributed by atoms with Crippen molar-refractivity contribution in [1.29, 1.82) is 0 Å². The third-order valence-electron chi connectivity index (χ3n) is 3.13. The lowest BCUT2D eigenvalue weighted by atomic mass is 10.1. The van der Waals surface area contributed by atoms with Crippen molar-refractivity contribution in [2.24, 2.45) is 0 Å². The van der Waals surface area contributed by atoms with Gasteiger partial charge in [0.1, 0.15) is 5.15 Å². The molecule has 0 aromatic carbocycles. The lowest BCUT2D eigenvalue weighted by Gasteiger charge is -2.17. The molecule has 0 unspecified atom stereocenters. The van der Waals surface area contributed by atoms with Crippen LogP contribution in [0.4, 0.5) is 0 Å². The fraction of sp³-hybridized carbons (Fsp3) is 0.692. The van der Waals surface area contributed by atoms with Gasteiger partial charge in [-0.25, -0.2) is 4.79 Å². The maximum absolute atomic E-state index is 12.3. The molecular formula is C13H22ClN3O3. The minimum atomic E-state index is -0.468. The Morgan fingerprint density at radius 1 is 1.35 bits per heavy atom. The van der Waals surface area contributed by atoms with Gasteiger partial charge >= 0.3 is 5.69 Å². The molecule has 0 radical (unpaired) electrons. The first-order chi connectivity index (χ1) is 9.38. The molecule has 0 fully saturated rings. The molecule has 1 aromatic rings. The number of likely N-dealkylation sites (N-methyl/N-ethyl adjacent to an activating group) is 1. The summed E-state index contributed by atoms with van der Waals surface area (Å²) in [6, 6.07) is 0. The Bertz CT molecular complexity index is 551. The fourth-order valence-electron chi connectivity index (χ4n) is 1.89. The first kappa shape index (κ1) is 16.9. The number of hydrogen-bond acceptors (Lipinski definition) is 4. The average Bonchev–Trinajstić information content (AvgIpc) is 2.34. The Kier molecular flexibility index (Phi) is 6.45. The van der Waals surface area contributed by atoms with Crippen molar-refractivity contribution in [1.82, 2.24) is 14.5 Å². The maximum atomic E-state index is 12.3. The van der Waals surface area contributed by atoms with Gasteiger partial charge in [0.15, 0.2) is 0 Å². The van der Waals surface area contributed by atoms with E-state index in [0.717, 1.165) is 6.54 Å². The van der Waals surface area contributed by atoms with Crippen molar-refractivity contribution in [3.63, 3.8) is 0 Å². The number of aromatic nitrogens is 2. The van der Waals surface area contributed by atoms with Crippen LogP contribution in [0, 0.1) is 0 Å². The van der Waals surface area contributed by atoms with E-state index in [9.17, 15) is 9.59 Å². The van der Waals surface area contributed by atoms with E-state index < -0.39 is 5.69 Å². The highest BCUT2D eigenvalue weighted by Crippen LogP contribution is 2.16. The topological polar surface area (TPSA) is 67.3 Å². The minimum absolute atomic E-state index is 0.0377. The summed E-state index contributed by atoms with van der Waals surface area (Å²) in [4.78, 5) is 28.7. The molecule has 0 saturated heterocycles. The first-order valence-electron chi connectivity index (χ1n) is 6.58. The number of ether oxygens (including phenoxy) is 1. The van der Waals surface area contributed by atoms with Crippen LogP contribution < -0.4 is 11.2 Å². The van der Waals surface area contributed by atoms with Crippen LogP contribution in [0.2, 0.25) is 5.15 Å². The molecule has 20 heavy (non-hydrogen) atoms. The number of halogens is 1.